The van der Waals surface area contributed by atoms with Crippen molar-refractivity contribution in [2.75, 3.05) is 47.0 Å². The molecular formula is C25H41N3O3. The van der Waals surface area contributed by atoms with Crippen LogP contribution in [-0.2, 0) is 4.74 Å². The van der Waals surface area contributed by atoms with E-state index in [1.807, 2.05) is 29.2 Å². The van der Waals surface area contributed by atoms with E-state index in [2.05, 4.69) is 24.1 Å². The highest BCUT2D eigenvalue weighted by molar-refractivity contribution is 5.74. The molecule has 6 nitrogen and oxygen atoms in total. The van der Waals surface area contributed by atoms with E-state index in [1.54, 1.807) is 14.2 Å². The summed E-state index contributed by atoms with van der Waals surface area (Å²) in [6.45, 7) is 8.73. The monoisotopic (exact) mass is 431 g/mol. The molecule has 6 heteroatoms. The van der Waals surface area contributed by atoms with E-state index in [0.717, 1.165) is 17.9 Å². The Morgan fingerprint density at radius 2 is 1.87 bits per heavy atom. The first-order chi connectivity index (χ1) is 15.0. The lowest BCUT2D eigenvalue weighted by Gasteiger charge is -2.45. The van der Waals surface area contributed by atoms with E-state index >= 15 is 0 Å². The van der Waals surface area contributed by atoms with Gasteiger partial charge in [-0.2, -0.15) is 0 Å². The maximum Gasteiger partial charge on any atom is 0.317 e. The average molecular weight is 432 g/mol. The second-order valence-electron chi connectivity index (χ2n) is 9.38. The third kappa shape index (κ3) is 6.36. The number of methoxy groups -OCH3 is 2. The van der Waals surface area contributed by atoms with Crippen LogP contribution >= 0.6 is 0 Å². The molecule has 0 saturated carbocycles. The number of nitrogens with zero attached hydrogens (tertiary/aromatic N) is 2. The largest absolute Gasteiger partial charge is 0.497 e. The quantitative estimate of drug-likeness (QED) is 0.633. The number of fused-ring (bicyclic) bond motifs is 1. The number of amides is 2. The Morgan fingerprint density at radius 3 is 2.55 bits per heavy atom. The van der Waals surface area contributed by atoms with Crippen LogP contribution in [-0.4, -0.2) is 68.9 Å². The second-order valence-corrected chi connectivity index (χ2v) is 9.38. The fourth-order valence-electron chi connectivity index (χ4n) is 5.22. The Kier molecular flexibility index (Phi) is 9.02. The van der Waals surface area contributed by atoms with Crippen LogP contribution in [0.1, 0.15) is 57.6 Å². The zero-order valence-electron chi connectivity index (χ0n) is 19.8. The first-order valence-electron chi connectivity index (χ1n) is 12.0. The molecule has 2 fully saturated rings. The van der Waals surface area contributed by atoms with Crippen LogP contribution in [0.2, 0.25) is 0 Å². The first kappa shape index (κ1) is 23.9. The number of carbonyl (C=O) groups excluding carboxylic acids is 1. The standard InChI is InChI=1S/C25H41N3O3/c1-19(2)24(20-10-12-22(31-4)13-11-20)26-25(29)28(16-17-30-3)18-21-8-7-15-27-14-6-5-9-23(21)27/h10-13,19,21,23-24H,5-9,14-18H2,1-4H3,(H,26,29)/t21-,23+,24?/m0/s1. The minimum absolute atomic E-state index is 0.0134. The molecule has 3 rings (SSSR count). The molecule has 2 heterocycles. The molecule has 174 valence electrons. The molecule has 1 N–H and O–H groups in total. The lowest BCUT2D eigenvalue weighted by Crippen LogP contribution is -2.53. The Morgan fingerprint density at radius 1 is 1.13 bits per heavy atom. The molecule has 0 bridgehead atoms. The number of urea groups is 1. The van der Waals surface area contributed by atoms with Gasteiger partial charge in [0.15, 0.2) is 0 Å². The van der Waals surface area contributed by atoms with Gasteiger partial charge in [0.1, 0.15) is 5.75 Å². The van der Waals surface area contributed by atoms with Gasteiger partial charge in [0.2, 0.25) is 0 Å². The Labute approximate surface area is 188 Å². The van der Waals surface area contributed by atoms with Gasteiger partial charge in [-0.25, -0.2) is 4.79 Å². The van der Waals surface area contributed by atoms with E-state index in [0.29, 0.717) is 25.1 Å². The normalized spacial score (nSPS) is 22.6. The highest BCUT2D eigenvalue weighted by atomic mass is 16.5. The van der Waals surface area contributed by atoms with Crippen LogP contribution < -0.4 is 10.1 Å². The van der Waals surface area contributed by atoms with Crippen molar-refractivity contribution in [1.29, 1.82) is 0 Å². The summed E-state index contributed by atoms with van der Waals surface area (Å²) in [7, 11) is 3.37. The summed E-state index contributed by atoms with van der Waals surface area (Å²) in [6, 6.07) is 8.61. The second kappa shape index (κ2) is 11.7. The SMILES string of the molecule is COCCN(C[C@@H]1CCCN2CCCC[C@H]12)C(=O)NC(c1ccc(OC)cc1)C(C)C. The van der Waals surface area contributed by atoms with Gasteiger partial charge in [-0.3, -0.25) is 0 Å². The maximum atomic E-state index is 13.4. The topological polar surface area (TPSA) is 54.0 Å². The van der Waals surface area contributed by atoms with Gasteiger partial charge in [0.05, 0.1) is 19.8 Å². The maximum absolute atomic E-state index is 13.4. The van der Waals surface area contributed by atoms with Gasteiger partial charge in [0, 0.05) is 26.2 Å². The summed E-state index contributed by atoms with van der Waals surface area (Å²) in [5, 5.41) is 3.32. The van der Waals surface area contributed by atoms with Gasteiger partial charge in [0.25, 0.3) is 0 Å². The van der Waals surface area contributed by atoms with Gasteiger partial charge in [-0.1, -0.05) is 32.4 Å². The van der Waals surface area contributed by atoms with Gasteiger partial charge in [-0.15, -0.1) is 0 Å². The Balaban J connectivity index is 1.69. The third-order valence-electron chi connectivity index (χ3n) is 6.96. The lowest BCUT2D eigenvalue weighted by atomic mass is 9.83. The summed E-state index contributed by atoms with van der Waals surface area (Å²) in [5.74, 6) is 1.66. The zero-order valence-corrected chi connectivity index (χ0v) is 19.8. The van der Waals surface area contributed by atoms with Crippen LogP contribution in [0.3, 0.4) is 0 Å². The molecule has 1 aromatic carbocycles. The number of carbonyl (C=O) groups is 1. The highest BCUT2D eigenvalue weighted by Crippen LogP contribution is 2.32. The molecule has 2 amide bonds. The summed E-state index contributed by atoms with van der Waals surface area (Å²) < 4.78 is 10.6. The van der Waals surface area contributed by atoms with E-state index in [-0.39, 0.29) is 18.0 Å². The summed E-state index contributed by atoms with van der Waals surface area (Å²) >= 11 is 0. The predicted octanol–water partition coefficient (Wildman–Crippen LogP) is 4.31. The van der Waals surface area contributed by atoms with Crippen LogP contribution in [0, 0.1) is 11.8 Å². The van der Waals surface area contributed by atoms with Crippen LogP contribution in [0.4, 0.5) is 4.79 Å². The molecule has 2 aliphatic rings. The minimum Gasteiger partial charge on any atom is -0.497 e. The fraction of sp³-hybridized carbons (Fsp3) is 0.720. The van der Waals surface area contributed by atoms with Crippen molar-refractivity contribution in [2.24, 2.45) is 11.8 Å². The molecule has 0 aliphatic carbocycles. The van der Waals surface area contributed by atoms with Crippen LogP contribution in [0.25, 0.3) is 0 Å². The zero-order chi connectivity index (χ0) is 22.2. The van der Waals surface area contributed by atoms with Crippen molar-refractivity contribution in [2.45, 2.75) is 58.0 Å². The molecule has 3 atom stereocenters. The van der Waals surface area contributed by atoms with Crippen molar-refractivity contribution in [3.05, 3.63) is 29.8 Å². The summed E-state index contributed by atoms with van der Waals surface area (Å²) in [6.07, 6.45) is 6.35. The average Bonchev–Trinajstić information content (AvgIpc) is 2.80. The minimum atomic E-state index is -0.0408. The lowest BCUT2D eigenvalue weighted by molar-refractivity contribution is 0.0417. The summed E-state index contributed by atoms with van der Waals surface area (Å²) in [4.78, 5) is 18.1. The highest BCUT2D eigenvalue weighted by Gasteiger charge is 2.35. The Bertz CT molecular complexity index is 677. The number of benzene rings is 1. The Hall–Kier alpha value is -1.79. The first-order valence-corrected chi connectivity index (χ1v) is 12.0. The molecule has 31 heavy (non-hydrogen) atoms. The van der Waals surface area contributed by atoms with E-state index in [4.69, 9.17) is 9.47 Å². The number of piperidine rings is 2. The van der Waals surface area contributed by atoms with Crippen molar-refractivity contribution in [3.63, 3.8) is 0 Å². The number of hydrogen-bond donors (Lipinski definition) is 1. The number of hydrogen-bond acceptors (Lipinski definition) is 4. The molecule has 1 unspecified atom stereocenters. The van der Waals surface area contributed by atoms with E-state index < -0.39 is 0 Å². The number of rotatable bonds is 9. The molecular weight excluding hydrogens is 390 g/mol. The smallest absolute Gasteiger partial charge is 0.317 e. The van der Waals surface area contributed by atoms with Crippen LogP contribution in [0.5, 0.6) is 5.75 Å². The van der Waals surface area contributed by atoms with Crippen molar-refractivity contribution in [1.82, 2.24) is 15.1 Å². The van der Waals surface area contributed by atoms with Crippen molar-refractivity contribution < 1.29 is 14.3 Å². The van der Waals surface area contributed by atoms with Gasteiger partial charge in [-0.05, 0) is 68.3 Å². The van der Waals surface area contributed by atoms with E-state index in [9.17, 15) is 4.79 Å². The van der Waals surface area contributed by atoms with Crippen molar-refractivity contribution >= 4 is 6.03 Å². The fourth-order valence-corrected chi connectivity index (χ4v) is 5.22. The molecule has 0 spiro atoms. The summed E-state index contributed by atoms with van der Waals surface area (Å²) in [5.41, 5.74) is 1.10. The molecule has 0 aromatic heterocycles. The molecule has 0 radical (unpaired) electrons. The molecule has 1 aromatic rings. The molecule has 2 saturated heterocycles. The van der Waals surface area contributed by atoms with Gasteiger partial charge < -0.3 is 24.6 Å². The number of ether oxygens (including phenoxy) is 2. The molecule has 2 aliphatic heterocycles. The number of nitrogens with one attached hydrogen (secondary N) is 1. The van der Waals surface area contributed by atoms with E-state index in [1.165, 1.54) is 45.2 Å². The third-order valence-corrected chi connectivity index (χ3v) is 6.96. The predicted molar refractivity (Wildman–Crippen MR) is 124 cm³/mol. The van der Waals surface area contributed by atoms with Crippen molar-refractivity contribution in [3.8, 4) is 5.75 Å². The van der Waals surface area contributed by atoms with Crippen LogP contribution in [0.15, 0.2) is 24.3 Å². The van der Waals surface area contributed by atoms with Gasteiger partial charge >= 0.3 is 6.03 Å².